The Morgan fingerprint density at radius 3 is 2.50 bits per heavy atom. The minimum atomic E-state index is -0.144. The van der Waals surface area contributed by atoms with Crippen molar-refractivity contribution in [2.75, 3.05) is 0 Å². The quantitative estimate of drug-likeness (QED) is 0.654. The van der Waals surface area contributed by atoms with Crippen LogP contribution < -0.4 is 5.56 Å². The van der Waals surface area contributed by atoms with E-state index < -0.39 is 0 Å². The number of hydrogen-bond donors (Lipinski definition) is 2. The maximum Gasteiger partial charge on any atom is 0.259 e. The molecule has 0 aliphatic carbocycles. The van der Waals surface area contributed by atoms with E-state index in [1.807, 2.05) is 32.0 Å². The third-order valence-corrected chi connectivity index (χ3v) is 1.85. The van der Waals surface area contributed by atoms with Crippen molar-refractivity contribution in [2.24, 2.45) is 0 Å². The van der Waals surface area contributed by atoms with Gasteiger partial charge in [-0.15, -0.1) is 0 Å². The van der Waals surface area contributed by atoms with E-state index in [2.05, 4.69) is 9.97 Å². The topological polar surface area (TPSA) is 48.6 Å². The van der Waals surface area contributed by atoms with E-state index in [9.17, 15) is 4.79 Å². The van der Waals surface area contributed by atoms with Crippen LogP contribution in [0.4, 0.5) is 0 Å². The highest BCUT2D eigenvalue weighted by molar-refractivity contribution is 7.71. The molecular formula is C10H12N2OS. The highest BCUT2D eigenvalue weighted by Crippen LogP contribution is 2.03. The third kappa shape index (κ3) is 2.09. The van der Waals surface area contributed by atoms with Gasteiger partial charge in [-0.2, -0.15) is 0 Å². The highest BCUT2D eigenvalue weighted by atomic mass is 32.1. The van der Waals surface area contributed by atoms with Crippen molar-refractivity contribution in [1.29, 1.82) is 0 Å². The fourth-order valence-corrected chi connectivity index (χ4v) is 1.32. The Balaban J connectivity index is 0.000000461. The first-order valence-electron chi connectivity index (χ1n) is 4.49. The monoisotopic (exact) mass is 208 g/mol. The summed E-state index contributed by atoms with van der Waals surface area (Å²) in [5.41, 5.74) is 0.626. The molecule has 0 spiro atoms. The molecule has 1 heterocycles. The van der Waals surface area contributed by atoms with E-state index >= 15 is 0 Å². The molecule has 3 nitrogen and oxygen atoms in total. The summed E-state index contributed by atoms with van der Waals surface area (Å²) in [6.45, 7) is 4.00. The number of nitrogens with one attached hydrogen (secondary N) is 2. The third-order valence-electron chi connectivity index (χ3n) is 1.65. The van der Waals surface area contributed by atoms with Crippen LogP contribution in [-0.2, 0) is 0 Å². The van der Waals surface area contributed by atoms with Crippen LogP contribution in [0.3, 0.4) is 0 Å². The number of para-hydroxylation sites is 1. The molecule has 2 aromatic rings. The van der Waals surface area contributed by atoms with Gasteiger partial charge in [0.15, 0.2) is 4.77 Å². The van der Waals surface area contributed by atoms with Crippen LogP contribution in [0.25, 0.3) is 10.9 Å². The van der Waals surface area contributed by atoms with Gasteiger partial charge in [-0.1, -0.05) is 26.0 Å². The van der Waals surface area contributed by atoms with Crippen molar-refractivity contribution >= 4 is 23.1 Å². The van der Waals surface area contributed by atoms with Gasteiger partial charge in [0.05, 0.1) is 10.9 Å². The lowest BCUT2D eigenvalue weighted by atomic mass is 10.2. The van der Waals surface area contributed by atoms with Gasteiger partial charge in [-0.3, -0.25) is 9.78 Å². The van der Waals surface area contributed by atoms with Crippen LogP contribution in [0.2, 0.25) is 0 Å². The number of hydrogen-bond acceptors (Lipinski definition) is 2. The van der Waals surface area contributed by atoms with Crippen molar-refractivity contribution in [3.63, 3.8) is 0 Å². The van der Waals surface area contributed by atoms with Gasteiger partial charge in [-0.25, -0.2) is 0 Å². The van der Waals surface area contributed by atoms with E-state index in [0.29, 0.717) is 10.2 Å². The summed E-state index contributed by atoms with van der Waals surface area (Å²) in [6, 6.07) is 7.24. The molecule has 1 aromatic carbocycles. The SMILES string of the molecule is CC.O=c1[nH]c(=S)[nH]c2ccccc12. The van der Waals surface area contributed by atoms with Crippen LogP contribution in [0, 0.1) is 4.77 Å². The molecule has 0 unspecified atom stereocenters. The van der Waals surface area contributed by atoms with E-state index in [1.165, 1.54) is 0 Å². The van der Waals surface area contributed by atoms with E-state index in [1.54, 1.807) is 6.07 Å². The summed E-state index contributed by atoms with van der Waals surface area (Å²) in [4.78, 5) is 16.7. The Bertz CT molecular complexity index is 527. The second-order valence-corrected chi connectivity index (χ2v) is 2.86. The van der Waals surface area contributed by atoms with Gasteiger partial charge in [-0.05, 0) is 24.4 Å². The Labute approximate surface area is 86.8 Å². The second-order valence-electron chi connectivity index (χ2n) is 2.45. The molecule has 14 heavy (non-hydrogen) atoms. The summed E-state index contributed by atoms with van der Waals surface area (Å²) in [5, 5.41) is 0.631. The number of benzene rings is 1. The van der Waals surface area contributed by atoms with E-state index in [0.717, 1.165) is 5.52 Å². The van der Waals surface area contributed by atoms with Crippen LogP contribution >= 0.6 is 12.2 Å². The minimum absolute atomic E-state index is 0.144. The summed E-state index contributed by atoms with van der Waals surface area (Å²) < 4.78 is 0.360. The molecule has 0 aliphatic rings. The van der Waals surface area contributed by atoms with Gasteiger partial charge in [0.2, 0.25) is 0 Å². The number of H-pyrrole nitrogens is 2. The molecule has 74 valence electrons. The van der Waals surface area contributed by atoms with Crippen LogP contribution in [0.5, 0.6) is 0 Å². The molecule has 2 rings (SSSR count). The lowest BCUT2D eigenvalue weighted by Gasteiger charge is -1.94. The lowest BCUT2D eigenvalue weighted by molar-refractivity contribution is 1.14. The predicted octanol–water partition coefficient (Wildman–Crippen LogP) is 2.61. The molecule has 0 fully saturated rings. The Hall–Kier alpha value is -1.42. The average Bonchev–Trinajstić information content (AvgIpc) is 2.20. The van der Waals surface area contributed by atoms with Crippen LogP contribution in [0.15, 0.2) is 29.1 Å². The van der Waals surface area contributed by atoms with Gasteiger partial charge in [0.25, 0.3) is 5.56 Å². The first-order valence-corrected chi connectivity index (χ1v) is 4.89. The first kappa shape index (κ1) is 10.7. The van der Waals surface area contributed by atoms with Crippen molar-refractivity contribution in [1.82, 2.24) is 9.97 Å². The van der Waals surface area contributed by atoms with E-state index in [-0.39, 0.29) is 5.56 Å². The summed E-state index contributed by atoms with van der Waals surface area (Å²) in [6.07, 6.45) is 0. The standard InChI is InChI=1S/C8H6N2OS.C2H6/c11-7-5-3-1-2-4-6(5)9-8(12)10-7;1-2/h1-4H,(H2,9,10,11,12);1-2H3. The van der Waals surface area contributed by atoms with Crippen LogP contribution in [0.1, 0.15) is 13.8 Å². The molecular weight excluding hydrogens is 196 g/mol. The molecule has 0 bridgehead atoms. The Morgan fingerprint density at radius 2 is 1.79 bits per heavy atom. The number of fused-ring (bicyclic) bond motifs is 1. The zero-order valence-corrected chi connectivity index (χ0v) is 8.94. The fraction of sp³-hybridized carbons (Fsp3) is 0.200. The van der Waals surface area contributed by atoms with Crippen LogP contribution in [-0.4, -0.2) is 9.97 Å². The minimum Gasteiger partial charge on any atom is -0.332 e. The van der Waals surface area contributed by atoms with Gasteiger partial charge >= 0.3 is 0 Å². The molecule has 0 aliphatic heterocycles. The van der Waals surface area contributed by atoms with Gasteiger partial charge in [0.1, 0.15) is 0 Å². The van der Waals surface area contributed by atoms with Crippen molar-refractivity contribution in [3.8, 4) is 0 Å². The zero-order valence-electron chi connectivity index (χ0n) is 8.13. The second kappa shape index (κ2) is 4.72. The molecule has 0 radical (unpaired) electrons. The molecule has 0 saturated heterocycles. The number of aromatic nitrogens is 2. The number of rotatable bonds is 0. The van der Waals surface area contributed by atoms with Gasteiger partial charge < -0.3 is 4.98 Å². The van der Waals surface area contributed by atoms with Crippen molar-refractivity contribution < 1.29 is 0 Å². The highest BCUT2D eigenvalue weighted by Gasteiger charge is 1.95. The molecule has 2 N–H and O–H groups in total. The zero-order chi connectivity index (χ0) is 10.6. The summed E-state index contributed by atoms with van der Waals surface area (Å²) in [7, 11) is 0. The Kier molecular flexibility index (Phi) is 3.59. The maximum absolute atomic E-state index is 11.3. The molecule has 4 heteroatoms. The molecule has 1 aromatic heterocycles. The summed E-state index contributed by atoms with van der Waals surface area (Å²) in [5.74, 6) is 0. The predicted molar refractivity (Wildman–Crippen MR) is 61.1 cm³/mol. The Morgan fingerprint density at radius 1 is 1.14 bits per heavy atom. The maximum atomic E-state index is 11.3. The molecule has 0 amide bonds. The lowest BCUT2D eigenvalue weighted by Crippen LogP contribution is -2.07. The van der Waals surface area contributed by atoms with Crippen molar-refractivity contribution in [2.45, 2.75) is 13.8 Å². The number of aromatic amines is 2. The van der Waals surface area contributed by atoms with E-state index in [4.69, 9.17) is 12.2 Å². The largest absolute Gasteiger partial charge is 0.332 e. The molecule has 0 saturated carbocycles. The fourth-order valence-electron chi connectivity index (χ4n) is 1.11. The smallest absolute Gasteiger partial charge is 0.259 e. The average molecular weight is 208 g/mol. The van der Waals surface area contributed by atoms with Crippen molar-refractivity contribution in [3.05, 3.63) is 39.4 Å². The molecule has 0 atom stereocenters. The van der Waals surface area contributed by atoms with Gasteiger partial charge in [0, 0.05) is 0 Å². The first-order chi connectivity index (χ1) is 6.77. The summed E-state index contributed by atoms with van der Waals surface area (Å²) >= 11 is 4.82. The normalized spacial score (nSPS) is 9.29.